The predicted octanol–water partition coefficient (Wildman–Crippen LogP) is 5.68. The summed E-state index contributed by atoms with van der Waals surface area (Å²) in [5.41, 5.74) is 1.39. The molecule has 1 aromatic heterocycles. The molecule has 1 nitrogen and oxygen atoms in total. The molecule has 0 saturated heterocycles. The topological polar surface area (TPSA) is 12.0 Å². The molecule has 1 N–H and O–H groups in total. The van der Waals surface area contributed by atoms with Crippen molar-refractivity contribution in [2.75, 3.05) is 5.75 Å². The summed E-state index contributed by atoms with van der Waals surface area (Å²) in [6.07, 6.45) is 3.91. The smallest absolute Gasteiger partial charge is 0.0448 e. The zero-order chi connectivity index (χ0) is 14.2. The lowest BCUT2D eigenvalue weighted by atomic mass is 10.0. The summed E-state index contributed by atoms with van der Waals surface area (Å²) in [5.74, 6) is 2.01. The molecule has 1 aromatic carbocycles. The summed E-state index contributed by atoms with van der Waals surface area (Å²) in [7, 11) is 0. The van der Waals surface area contributed by atoms with Gasteiger partial charge in [0.2, 0.25) is 0 Å². The van der Waals surface area contributed by atoms with Gasteiger partial charge in [0.25, 0.3) is 0 Å². The Bertz CT molecular complexity index is 622. The van der Waals surface area contributed by atoms with Crippen LogP contribution in [0.5, 0.6) is 0 Å². The molecule has 0 amide bonds. The molecule has 1 saturated carbocycles. The maximum atomic E-state index is 6.22. The van der Waals surface area contributed by atoms with Gasteiger partial charge in [0.1, 0.15) is 0 Å². The maximum Gasteiger partial charge on any atom is 0.0448 e. The van der Waals surface area contributed by atoms with Gasteiger partial charge in [0, 0.05) is 26.9 Å². The van der Waals surface area contributed by atoms with Crippen LogP contribution in [0.2, 0.25) is 5.02 Å². The Morgan fingerprint density at radius 3 is 2.86 bits per heavy atom. The lowest BCUT2D eigenvalue weighted by Gasteiger charge is -2.30. The van der Waals surface area contributed by atoms with Gasteiger partial charge in [0.15, 0.2) is 0 Å². The number of hydrogen-bond donors (Lipinski definition) is 1. The lowest BCUT2D eigenvalue weighted by Crippen LogP contribution is -2.29. The van der Waals surface area contributed by atoms with Gasteiger partial charge in [-0.2, -0.15) is 0 Å². The molecule has 0 bridgehead atoms. The van der Waals surface area contributed by atoms with E-state index in [9.17, 15) is 0 Å². The van der Waals surface area contributed by atoms with Crippen molar-refractivity contribution in [2.45, 2.75) is 36.2 Å². The number of halogens is 1. The minimum Gasteiger partial charge on any atom is -0.302 e. The number of thiophene rings is 1. The second-order valence-electron chi connectivity index (χ2n) is 5.87. The molecular weight excluding hydrogens is 318 g/mol. The number of rotatable bonds is 4. The molecule has 1 aliphatic heterocycles. The standard InChI is InChI=1S/C17H18ClNS2/c18-12-5-6-15-13(10-12)14(7-9-21-15)19-17(11-3-4-11)16-2-1-8-20-16/h1-2,5-6,8,10-11,14,17,19H,3-4,7,9H2. The van der Waals surface area contributed by atoms with E-state index in [0.29, 0.717) is 12.1 Å². The summed E-state index contributed by atoms with van der Waals surface area (Å²) in [6, 6.07) is 11.7. The van der Waals surface area contributed by atoms with Crippen molar-refractivity contribution in [3.05, 3.63) is 51.2 Å². The van der Waals surface area contributed by atoms with Gasteiger partial charge in [-0.15, -0.1) is 23.1 Å². The molecule has 0 radical (unpaired) electrons. The monoisotopic (exact) mass is 335 g/mol. The second kappa shape index (κ2) is 5.96. The van der Waals surface area contributed by atoms with Crippen molar-refractivity contribution in [3.63, 3.8) is 0 Å². The van der Waals surface area contributed by atoms with Gasteiger partial charge in [-0.3, -0.25) is 0 Å². The molecule has 2 heterocycles. The number of fused-ring (bicyclic) bond motifs is 1. The number of thioether (sulfide) groups is 1. The largest absolute Gasteiger partial charge is 0.302 e. The first-order valence-electron chi connectivity index (χ1n) is 7.53. The van der Waals surface area contributed by atoms with E-state index in [1.165, 1.54) is 40.4 Å². The zero-order valence-corrected chi connectivity index (χ0v) is 14.1. The second-order valence-corrected chi connectivity index (χ2v) is 8.42. The molecule has 2 unspecified atom stereocenters. The fourth-order valence-corrected chi connectivity index (χ4v) is 5.27. The van der Waals surface area contributed by atoms with E-state index in [1.54, 1.807) is 0 Å². The van der Waals surface area contributed by atoms with Crippen molar-refractivity contribution in [3.8, 4) is 0 Å². The molecule has 2 aliphatic rings. The molecule has 0 spiro atoms. The van der Waals surface area contributed by atoms with Crippen LogP contribution in [0.1, 0.15) is 41.8 Å². The van der Waals surface area contributed by atoms with Crippen LogP contribution >= 0.6 is 34.7 Å². The van der Waals surface area contributed by atoms with E-state index in [-0.39, 0.29) is 0 Å². The number of benzene rings is 1. The minimum atomic E-state index is 0.438. The highest BCUT2D eigenvalue weighted by Crippen LogP contribution is 2.45. The third-order valence-electron chi connectivity index (χ3n) is 4.34. The highest BCUT2D eigenvalue weighted by molar-refractivity contribution is 7.99. The Morgan fingerprint density at radius 1 is 1.19 bits per heavy atom. The Hall–Kier alpha value is -0.480. The Balaban J connectivity index is 1.61. The van der Waals surface area contributed by atoms with Crippen LogP contribution in [0.4, 0.5) is 0 Å². The van der Waals surface area contributed by atoms with Gasteiger partial charge in [-0.25, -0.2) is 0 Å². The molecule has 2 aromatic rings. The first-order valence-corrected chi connectivity index (χ1v) is 9.77. The highest BCUT2D eigenvalue weighted by atomic mass is 35.5. The van der Waals surface area contributed by atoms with E-state index in [2.05, 4.69) is 35.0 Å². The Kier molecular flexibility index (Phi) is 4.01. The van der Waals surface area contributed by atoms with Crippen LogP contribution in [0.15, 0.2) is 40.6 Å². The minimum absolute atomic E-state index is 0.438. The number of nitrogens with one attached hydrogen (secondary N) is 1. The van der Waals surface area contributed by atoms with Crippen molar-refractivity contribution in [2.24, 2.45) is 5.92 Å². The summed E-state index contributed by atoms with van der Waals surface area (Å²) >= 11 is 10.1. The normalized spacial score (nSPS) is 22.8. The third kappa shape index (κ3) is 3.02. The van der Waals surface area contributed by atoms with E-state index in [1.807, 2.05) is 29.2 Å². The molecular formula is C17H18ClNS2. The highest BCUT2D eigenvalue weighted by Gasteiger charge is 2.35. The van der Waals surface area contributed by atoms with Crippen molar-refractivity contribution < 1.29 is 0 Å². The first-order chi connectivity index (χ1) is 10.3. The van der Waals surface area contributed by atoms with E-state index in [4.69, 9.17) is 11.6 Å². The SMILES string of the molecule is Clc1ccc2c(c1)C(NC(c1cccs1)C1CC1)CCS2. The van der Waals surface area contributed by atoms with Crippen LogP contribution in [0.25, 0.3) is 0 Å². The van der Waals surface area contributed by atoms with E-state index in [0.717, 1.165) is 10.9 Å². The van der Waals surface area contributed by atoms with Crippen LogP contribution in [-0.2, 0) is 0 Å². The van der Waals surface area contributed by atoms with Crippen molar-refractivity contribution in [1.82, 2.24) is 5.32 Å². The van der Waals surface area contributed by atoms with Gasteiger partial charge >= 0.3 is 0 Å². The quantitative estimate of drug-likeness (QED) is 0.771. The molecule has 21 heavy (non-hydrogen) atoms. The van der Waals surface area contributed by atoms with Crippen LogP contribution in [0, 0.1) is 5.92 Å². The molecule has 1 fully saturated rings. The van der Waals surface area contributed by atoms with Crippen LogP contribution in [0.3, 0.4) is 0 Å². The van der Waals surface area contributed by atoms with Crippen LogP contribution in [-0.4, -0.2) is 5.75 Å². The molecule has 4 heteroatoms. The van der Waals surface area contributed by atoms with E-state index >= 15 is 0 Å². The Morgan fingerprint density at radius 2 is 2.10 bits per heavy atom. The van der Waals surface area contributed by atoms with Gasteiger partial charge in [-0.05, 0) is 66.1 Å². The average molecular weight is 336 g/mol. The van der Waals surface area contributed by atoms with Gasteiger partial charge in [0.05, 0.1) is 0 Å². The average Bonchev–Trinajstić information content (AvgIpc) is 3.19. The van der Waals surface area contributed by atoms with Crippen molar-refractivity contribution >= 4 is 34.7 Å². The maximum absolute atomic E-state index is 6.22. The fraction of sp³-hybridized carbons (Fsp3) is 0.412. The van der Waals surface area contributed by atoms with Crippen LogP contribution < -0.4 is 5.32 Å². The lowest BCUT2D eigenvalue weighted by molar-refractivity contribution is 0.402. The third-order valence-corrected chi connectivity index (χ3v) is 6.65. The van der Waals surface area contributed by atoms with Gasteiger partial charge in [-0.1, -0.05) is 17.7 Å². The molecule has 2 atom stereocenters. The first kappa shape index (κ1) is 14.1. The zero-order valence-electron chi connectivity index (χ0n) is 11.7. The summed E-state index contributed by atoms with van der Waals surface area (Å²) in [5, 5.41) is 6.98. The molecule has 1 aliphatic carbocycles. The molecule has 110 valence electrons. The summed E-state index contributed by atoms with van der Waals surface area (Å²) in [4.78, 5) is 2.88. The summed E-state index contributed by atoms with van der Waals surface area (Å²) < 4.78 is 0. The van der Waals surface area contributed by atoms with Gasteiger partial charge < -0.3 is 5.32 Å². The number of hydrogen-bond acceptors (Lipinski definition) is 3. The predicted molar refractivity (Wildman–Crippen MR) is 92.5 cm³/mol. The fourth-order valence-electron chi connectivity index (χ4n) is 3.10. The van der Waals surface area contributed by atoms with E-state index < -0.39 is 0 Å². The Labute approximate surface area is 139 Å². The molecule has 4 rings (SSSR count). The van der Waals surface area contributed by atoms with Crippen molar-refractivity contribution in [1.29, 1.82) is 0 Å². The summed E-state index contributed by atoms with van der Waals surface area (Å²) in [6.45, 7) is 0.